The van der Waals surface area contributed by atoms with E-state index in [1.165, 1.54) is 4.90 Å². The second-order valence-corrected chi connectivity index (χ2v) is 6.31. The van der Waals surface area contributed by atoms with E-state index in [1.807, 2.05) is 43.3 Å². The number of imidazole rings is 1. The van der Waals surface area contributed by atoms with Crippen molar-refractivity contribution in [3.8, 4) is 0 Å². The smallest absolute Gasteiger partial charge is 0.259 e. The van der Waals surface area contributed by atoms with Crippen molar-refractivity contribution < 1.29 is 9.59 Å². The third-order valence-corrected chi connectivity index (χ3v) is 4.54. The van der Waals surface area contributed by atoms with Crippen LogP contribution in [0.15, 0.2) is 55.1 Å². The van der Waals surface area contributed by atoms with E-state index in [2.05, 4.69) is 21.9 Å². The normalized spacial score (nSPS) is 14.6. The molecular formula is C20H18N4O2. The van der Waals surface area contributed by atoms with Crippen LogP contribution < -0.4 is 5.32 Å². The topological polar surface area (TPSA) is 78.1 Å². The quantitative estimate of drug-likeness (QED) is 0.762. The average molecular weight is 346 g/mol. The minimum Gasteiger partial charge on any atom is -0.345 e. The minimum absolute atomic E-state index is 0.0725. The number of carbonyl (C=O) groups excluding carboxylic acids is 2. The van der Waals surface area contributed by atoms with E-state index in [0.29, 0.717) is 17.1 Å². The molecule has 2 N–H and O–H groups in total. The zero-order valence-corrected chi connectivity index (χ0v) is 14.3. The highest BCUT2D eigenvalue weighted by atomic mass is 16.2. The van der Waals surface area contributed by atoms with Crippen molar-refractivity contribution in [2.75, 3.05) is 6.54 Å². The van der Waals surface area contributed by atoms with Crippen molar-refractivity contribution in [3.05, 3.63) is 72.1 Å². The van der Waals surface area contributed by atoms with Gasteiger partial charge in [-0.25, -0.2) is 4.98 Å². The Labute approximate surface area is 150 Å². The molecule has 0 saturated heterocycles. The average Bonchev–Trinajstić information content (AvgIpc) is 3.18. The number of amides is 2. The minimum atomic E-state index is -0.303. The molecule has 0 saturated carbocycles. The Bertz CT molecular complexity index is 969. The van der Waals surface area contributed by atoms with Crippen molar-refractivity contribution in [3.63, 3.8) is 0 Å². The van der Waals surface area contributed by atoms with Gasteiger partial charge in [0.15, 0.2) is 0 Å². The summed E-state index contributed by atoms with van der Waals surface area (Å²) in [6.07, 6.45) is 0. The first-order valence-electron chi connectivity index (χ1n) is 8.39. The zero-order chi connectivity index (χ0) is 18.3. The van der Waals surface area contributed by atoms with Gasteiger partial charge in [-0.15, -0.1) is 0 Å². The van der Waals surface area contributed by atoms with Gasteiger partial charge >= 0.3 is 0 Å². The molecule has 2 aromatic carbocycles. The standard InChI is InChI=1S/C20H18N4O2/c1-12(19-22-16-9-5-6-10-17(16)23-19)21-18(25)11-24-13(2)14-7-3-4-8-15(14)20(24)26/h3-10,12H,2,11H2,1H3,(H,21,25)(H,22,23)/t12-/m0/s1. The van der Waals surface area contributed by atoms with Crippen LogP contribution in [0.3, 0.4) is 0 Å². The highest BCUT2D eigenvalue weighted by Crippen LogP contribution is 2.30. The molecule has 2 heterocycles. The lowest BCUT2D eigenvalue weighted by Crippen LogP contribution is -2.38. The summed E-state index contributed by atoms with van der Waals surface area (Å²) < 4.78 is 0. The molecule has 1 aromatic heterocycles. The van der Waals surface area contributed by atoms with E-state index in [1.54, 1.807) is 12.1 Å². The Morgan fingerprint density at radius 2 is 1.88 bits per heavy atom. The molecule has 0 radical (unpaired) electrons. The lowest BCUT2D eigenvalue weighted by molar-refractivity contribution is -0.121. The van der Waals surface area contributed by atoms with Gasteiger partial charge in [0.1, 0.15) is 12.4 Å². The number of hydrogen-bond donors (Lipinski definition) is 2. The van der Waals surface area contributed by atoms with Gasteiger partial charge in [-0.3, -0.25) is 14.5 Å². The second kappa shape index (κ2) is 6.15. The molecular weight excluding hydrogens is 328 g/mol. The number of H-pyrrole nitrogens is 1. The third kappa shape index (κ3) is 2.65. The van der Waals surface area contributed by atoms with Gasteiger partial charge < -0.3 is 10.3 Å². The molecule has 6 heteroatoms. The number of benzene rings is 2. The maximum atomic E-state index is 12.5. The van der Waals surface area contributed by atoms with Crippen molar-refractivity contribution >= 4 is 28.5 Å². The first-order valence-corrected chi connectivity index (χ1v) is 8.39. The van der Waals surface area contributed by atoms with Crippen molar-refractivity contribution in [1.29, 1.82) is 0 Å². The molecule has 4 rings (SSSR count). The van der Waals surface area contributed by atoms with Gasteiger partial charge in [0, 0.05) is 16.8 Å². The summed E-state index contributed by atoms with van der Waals surface area (Å²) in [5.41, 5.74) is 3.67. The molecule has 1 aliphatic rings. The van der Waals surface area contributed by atoms with E-state index in [4.69, 9.17) is 0 Å². The van der Waals surface area contributed by atoms with Gasteiger partial charge in [-0.05, 0) is 25.1 Å². The molecule has 0 bridgehead atoms. The molecule has 0 unspecified atom stereocenters. The zero-order valence-electron chi connectivity index (χ0n) is 14.3. The van der Waals surface area contributed by atoms with Crippen molar-refractivity contribution in [2.45, 2.75) is 13.0 Å². The van der Waals surface area contributed by atoms with Crippen molar-refractivity contribution in [2.24, 2.45) is 0 Å². The van der Waals surface area contributed by atoms with Gasteiger partial charge in [0.25, 0.3) is 5.91 Å². The van der Waals surface area contributed by atoms with Crippen molar-refractivity contribution in [1.82, 2.24) is 20.2 Å². The fourth-order valence-electron chi connectivity index (χ4n) is 3.18. The highest BCUT2D eigenvalue weighted by Gasteiger charge is 2.32. The number of carbonyl (C=O) groups is 2. The summed E-state index contributed by atoms with van der Waals surface area (Å²) in [7, 11) is 0. The predicted molar refractivity (Wildman–Crippen MR) is 99.2 cm³/mol. The van der Waals surface area contributed by atoms with E-state index in [0.717, 1.165) is 16.6 Å². The van der Waals surface area contributed by atoms with Crippen LogP contribution in [0, 0.1) is 0 Å². The summed E-state index contributed by atoms with van der Waals surface area (Å²) in [5.74, 6) is 0.215. The van der Waals surface area contributed by atoms with E-state index >= 15 is 0 Å². The second-order valence-electron chi connectivity index (χ2n) is 6.31. The van der Waals surface area contributed by atoms with Crippen LogP contribution >= 0.6 is 0 Å². The summed E-state index contributed by atoms with van der Waals surface area (Å²) in [6, 6.07) is 14.6. The number of aromatic amines is 1. The number of rotatable bonds is 4. The summed E-state index contributed by atoms with van der Waals surface area (Å²) >= 11 is 0. The summed E-state index contributed by atoms with van der Waals surface area (Å²) in [5, 5.41) is 2.88. The maximum absolute atomic E-state index is 12.5. The van der Waals surface area contributed by atoms with E-state index in [9.17, 15) is 9.59 Å². The molecule has 130 valence electrons. The lowest BCUT2D eigenvalue weighted by Gasteiger charge is -2.18. The molecule has 0 aliphatic carbocycles. The van der Waals surface area contributed by atoms with E-state index in [-0.39, 0.29) is 24.4 Å². The predicted octanol–water partition coefficient (Wildman–Crippen LogP) is 2.87. The molecule has 2 amide bonds. The number of hydrogen-bond acceptors (Lipinski definition) is 3. The summed E-state index contributed by atoms with van der Waals surface area (Å²) in [4.78, 5) is 34.0. The van der Waals surface area contributed by atoms with Crippen LogP contribution in [0.25, 0.3) is 16.7 Å². The van der Waals surface area contributed by atoms with Crippen LogP contribution in [-0.4, -0.2) is 33.2 Å². The number of nitrogens with zero attached hydrogens (tertiary/aromatic N) is 2. The highest BCUT2D eigenvalue weighted by molar-refractivity contribution is 6.10. The van der Waals surface area contributed by atoms with Crippen LogP contribution in [-0.2, 0) is 4.79 Å². The molecule has 6 nitrogen and oxygen atoms in total. The first-order chi connectivity index (χ1) is 12.5. The van der Waals surface area contributed by atoms with Gasteiger partial charge in [0.2, 0.25) is 5.91 Å². The van der Waals surface area contributed by atoms with E-state index < -0.39 is 0 Å². The fourth-order valence-corrected chi connectivity index (χ4v) is 3.18. The monoisotopic (exact) mass is 346 g/mol. The Kier molecular flexibility index (Phi) is 3.80. The molecule has 26 heavy (non-hydrogen) atoms. The largest absolute Gasteiger partial charge is 0.345 e. The van der Waals surface area contributed by atoms with Crippen LogP contribution in [0.5, 0.6) is 0 Å². The maximum Gasteiger partial charge on any atom is 0.259 e. The lowest BCUT2D eigenvalue weighted by atomic mass is 10.1. The van der Waals surface area contributed by atoms with Gasteiger partial charge in [-0.1, -0.05) is 36.9 Å². The molecule has 0 spiro atoms. The van der Waals surface area contributed by atoms with Gasteiger partial charge in [-0.2, -0.15) is 0 Å². The Morgan fingerprint density at radius 3 is 2.62 bits per heavy atom. The molecule has 1 aliphatic heterocycles. The first kappa shape index (κ1) is 16.1. The van der Waals surface area contributed by atoms with Crippen LogP contribution in [0.1, 0.15) is 34.7 Å². The van der Waals surface area contributed by atoms with Crippen LogP contribution in [0.2, 0.25) is 0 Å². The SMILES string of the molecule is C=C1c2ccccc2C(=O)N1CC(=O)N[C@@H](C)c1nc2ccccc2[nH]1. The molecule has 0 fully saturated rings. The third-order valence-electron chi connectivity index (χ3n) is 4.54. The Balaban J connectivity index is 1.46. The number of nitrogens with one attached hydrogen (secondary N) is 2. The van der Waals surface area contributed by atoms with Crippen LogP contribution in [0.4, 0.5) is 0 Å². The Morgan fingerprint density at radius 1 is 1.19 bits per heavy atom. The molecule has 1 atom stereocenters. The fraction of sp³-hybridized carbons (Fsp3) is 0.150. The Hall–Kier alpha value is -3.41. The number of aromatic nitrogens is 2. The van der Waals surface area contributed by atoms with Gasteiger partial charge in [0.05, 0.1) is 17.1 Å². The summed E-state index contributed by atoms with van der Waals surface area (Å²) in [6.45, 7) is 5.73. The number of fused-ring (bicyclic) bond motifs is 2. The number of para-hydroxylation sites is 2. The molecule has 3 aromatic rings.